The van der Waals surface area contributed by atoms with Crippen molar-refractivity contribution in [3.05, 3.63) is 35.9 Å². The summed E-state index contributed by atoms with van der Waals surface area (Å²) in [7, 11) is 0. The summed E-state index contributed by atoms with van der Waals surface area (Å²) >= 11 is 0. The van der Waals surface area contributed by atoms with Crippen molar-refractivity contribution >= 4 is 0 Å². The van der Waals surface area contributed by atoms with Crippen LogP contribution in [0.4, 0.5) is 13.2 Å². The van der Waals surface area contributed by atoms with E-state index in [0.29, 0.717) is 13.0 Å². The number of nitrogens with zero attached hydrogens (tertiary/aromatic N) is 1. The molecule has 1 aromatic carbocycles. The Labute approximate surface area is 96.7 Å². The predicted molar refractivity (Wildman–Crippen MR) is 53.5 cm³/mol. The van der Waals surface area contributed by atoms with Gasteiger partial charge in [-0.25, -0.2) is 0 Å². The fourth-order valence-corrected chi connectivity index (χ4v) is 1.49. The largest absolute Gasteiger partial charge is 0.524 e. The molecule has 1 aromatic rings. The fourth-order valence-electron chi connectivity index (χ4n) is 1.49. The van der Waals surface area contributed by atoms with Crippen LogP contribution in [-0.4, -0.2) is 24.2 Å². The molecule has 0 N–H and O–H groups in total. The van der Waals surface area contributed by atoms with E-state index in [9.17, 15) is 13.2 Å². The van der Waals surface area contributed by atoms with Crippen LogP contribution in [0, 0.1) is 0 Å². The minimum Gasteiger partial charge on any atom is -0.292 e. The Balaban J connectivity index is 1.77. The van der Waals surface area contributed by atoms with Gasteiger partial charge in [0.15, 0.2) is 0 Å². The highest BCUT2D eigenvalue weighted by Crippen LogP contribution is 2.27. The minimum absolute atomic E-state index is 0.249. The lowest BCUT2D eigenvalue weighted by Crippen LogP contribution is -2.50. The van der Waals surface area contributed by atoms with E-state index in [4.69, 9.17) is 4.84 Å². The van der Waals surface area contributed by atoms with Crippen molar-refractivity contribution in [1.82, 2.24) is 5.06 Å². The van der Waals surface area contributed by atoms with Crippen molar-refractivity contribution in [2.45, 2.75) is 25.6 Å². The molecule has 1 fully saturated rings. The van der Waals surface area contributed by atoms with Crippen molar-refractivity contribution in [2.75, 3.05) is 6.54 Å². The molecule has 1 saturated heterocycles. The highest BCUT2D eigenvalue weighted by atomic mass is 19.4. The van der Waals surface area contributed by atoms with E-state index in [1.54, 1.807) is 0 Å². The quantitative estimate of drug-likeness (QED) is 0.816. The number of ether oxygens (including phenoxy) is 1. The molecule has 1 unspecified atom stereocenters. The zero-order chi connectivity index (χ0) is 12.3. The third-order valence-corrected chi connectivity index (χ3v) is 2.43. The average molecular weight is 247 g/mol. The molecule has 1 heterocycles. The summed E-state index contributed by atoms with van der Waals surface area (Å²) in [5.74, 6) is 0. The van der Waals surface area contributed by atoms with Crippen LogP contribution in [0.5, 0.6) is 0 Å². The Morgan fingerprint density at radius 3 is 2.47 bits per heavy atom. The van der Waals surface area contributed by atoms with Gasteiger partial charge in [0.1, 0.15) is 6.23 Å². The molecular weight excluding hydrogens is 235 g/mol. The van der Waals surface area contributed by atoms with Gasteiger partial charge in [-0.3, -0.25) is 9.57 Å². The zero-order valence-electron chi connectivity index (χ0n) is 8.98. The number of alkyl halides is 3. The van der Waals surface area contributed by atoms with Crippen molar-refractivity contribution in [1.29, 1.82) is 0 Å². The van der Waals surface area contributed by atoms with Gasteiger partial charge in [-0.05, 0) is 5.56 Å². The van der Waals surface area contributed by atoms with E-state index in [1.165, 1.54) is 5.06 Å². The van der Waals surface area contributed by atoms with Gasteiger partial charge in [-0.1, -0.05) is 30.3 Å². The number of hydrogen-bond donors (Lipinski definition) is 0. The van der Waals surface area contributed by atoms with Crippen molar-refractivity contribution < 1.29 is 22.7 Å². The van der Waals surface area contributed by atoms with Gasteiger partial charge in [-0.2, -0.15) is 5.06 Å². The average Bonchev–Trinajstić information content (AvgIpc) is 2.25. The van der Waals surface area contributed by atoms with Crippen LogP contribution in [0.1, 0.15) is 12.0 Å². The summed E-state index contributed by atoms with van der Waals surface area (Å²) in [5.41, 5.74) is 0.908. The molecule has 1 aliphatic rings. The van der Waals surface area contributed by atoms with Gasteiger partial charge >= 0.3 is 6.36 Å². The van der Waals surface area contributed by atoms with Gasteiger partial charge in [0.2, 0.25) is 0 Å². The third kappa shape index (κ3) is 3.69. The number of hydroxylamine groups is 2. The maximum atomic E-state index is 12.0. The smallest absolute Gasteiger partial charge is 0.292 e. The van der Waals surface area contributed by atoms with E-state index in [0.717, 1.165) is 5.56 Å². The van der Waals surface area contributed by atoms with Gasteiger partial charge in [0.25, 0.3) is 0 Å². The lowest BCUT2D eigenvalue weighted by molar-refractivity contribution is -0.416. The molecule has 0 bridgehead atoms. The summed E-state index contributed by atoms with van der Waals surface area (Å²) in [6, 6.07) is 9.25. The first-order chi connectivity index (χ1) is 8.04. The Kier molecular flexibility index (Phi) is 3.66. The molecule has 6 heteroatoms. The first kappa shape index (κ1) is 12.3. The molecular formula is C11H12F3NO2. The first-order valence-electron chi connectivity index (χ1n) is 5.22. The molecule has 1 atom stereocenters. The second-order valence-corrected chi connectivity index (χ2v) is 3.71. The Bertz CT molecular complexity index is 355. The van der Waals surface area contributed by atoms with Gasteiger partial charge in [0.05, 0.1) is 6.61 Å². The molecule has 17 heavy (non-hydrogen) atoms. The molecule has 94 valence electrons. The summed E-state index contributed by atoms with van der Waals surface area (Å²) in [4.78, 5) is 5.23. The van der Waals surface area contributed by atoms with Gasteiger partial charge < -0.3 is 0 Å². The molecule has 0 radical (unpaired) electrons. The molecule has 0 saturated carbocycles. The monoisotopic (exact) mass is 247 g/mol. The maximum absolute atomic E-state index is 12.0. The minimum atomic E-state index is -4.61. The molecule has 0 spiro atoms. The van der Waals surface area contributed by atoms with E-state index in [2.05, 4.69) is 4.74 Å². The normalized spacial score (nSPS) is 21.2. The lowest BCUT2D eigenvalue weighted by atomic mass is 10.2. The van der Waals surface area contributed by atoms with Gasteiger partial charge in [-0.15, -0.1) is 13.2 Å². The second kappa shape index (κ2) is 5.03. The highest BCUT2D eigenvalue weighted by Gasteiger charge is 2.41. The number of halogens is 3. The summed E-state index contributed by atoms with van der Waals surface area (Å²) in [5, 5.41) is 1.21. The van der Waals surface area contributed by atoms with Crippen LogP contribution in [0.25, 0.3) is 0 Å². The number of hydrogen-bond acceptors (Lipinski definition) is 3. The first-order valence-corrected chi connectivity index (χ1v) is 5.22. The third-order valence-electron chi connectivity index (χ3n) is 2.43. The number of benzene rings is 1. The SMILES string of the molecule is FC(F)(F)OC1CCN1OCc1ccccc1. The van der Waals surface area contributed by atoms with E-state index < -0.39 is 12.6 Å². The van der Waals surface area contributed by atoms with Crippen LogP contribution in [0.2, 0.25) is 0 Å². The Morgan fingerprint density at radius 2 is 1.94 bits per heavy atom. The Hall–Kier alpha value is -1.11. The van der Waals surface area contributed by atoms with Crippen LogP contribution in [0.15, 0.2) is 30.3 Å². The molecule has 0 aromatic heterocycles. The molecule has 0 aliphatic carbocycles. The predicted octanol–water partition coefficient (Wildman–Crippen LogP) is 2.69. The number of rotatable bonds is 4. The van der Waals surface area contributed by atoms with Crippen LogP contribution >= 0.6 is 0 Å². The summed E-state index contributed by atoms with van der Waals surface area (Å²) in [6.45, 7) is 0.701. The van der Waals surface area contributed by atoms with Crippen molar-refractivity contribution in [3.63, 3.8) is 0 Å². The summed E-state index contributed by atoms with van der Waals surface area (Å²) in [6.07, 6.45) is -5.30. The lowest BCUT2D eigenvalue weighted by Gasteiger charge is -2.38. The topological polar surface area (TPSA) is 21.7 Å². The van der Waals surface area contributed by atoms with Crippen molar-refractivity contribution in [2.24, 2.45) is 0 Å². The van der Waals surface area contributed by atoms with E-state index in [1.807, 2.05) is 30.3 Å². The molecule has 0 amide bonds. The standard InChI is InChI=1S/C11H12F3NO2/c12-11(13,14)17-10-6-7-15(10)16-8-9-4-2-1-3-5-9/h1-5,10H,6-8H2. The molecule has 2 rings (SSSR count). The molecule has 1 aliphatic heterocycles. The van der Waals surface area contributed by atoms with Crippen LogP contribution in [-0.2, 0) is 16.2 Å². The van der Waals surface area contributed by atoms with Crippen molar-refractivity contribution in [3.8, 4) is 0 Å². The molecule has 3 nitrogen and oxygen atoms in total. The van der Waals surface area contributed by atoms with Crippen LogP contribution < -0.4 is 0 Å². The van der Waals surface area contributed by atoms with E-state index in [-0.39, 0.29) is 6.61 Å². The zero-order valence-corrected chi connectivity index (χ0v) is 8.98. The van der Waals surface area contributed by atoms with Gasteiger partial charge in [0, 0.05) is 13.0 Å². The fraction of sp³-hybridized carbons (Fsp3) is 0.455. The van der Waals surface area contributed by atoms with Crippen LogP contribution in [0.3, 0.4) is 0 Å². The summed E-state index contributed by atoms with van der Waals surface area (Å²) < 4.78 is 39.8. The van der Waals surface area contributed by atoms with E-state index >= 15 is 0 Å². The maximum Gasteiger partial charge on any atom is 0.524 e. The highest BCUT2D eigenvalue weighted by molar-refractivity contribution is 5.13. The second-order valence-electron chi connectivity index (χ2n) is 3.71. The Morgan fingerprint density at radius 1 is 1.24 bits per heavy atom.